The minimum Gasteiger partial charge on any atom is -0.376 e. The minimum atomic E-state index is 0.0384. The van der Waals surface area contributed by atoms with Gasteiger partial charge in [-0.15, -0.1) is 0 Å². The van der Waals surface area contributed by atoms with Crippen LogP contribution in [0.1, 0.15) is 36.7 Å². The van der Waals surface area contributed by atoms with Gasteiger partial charge >= 0.3 is 0 Å². The van der Waals surface area contributed by atoms with Crippen molar-refractivity contribution < 1.29 is 9.53 Å². The summed E-state index contributed by atoms with van der Waals surface area (Å²) in [6.45, 7) is 4.15. The number of carbonyl (C=O) groups is 1. The van der Waals surface area contributed by atoms with Gasteiger partial charge in [-0.1, -0.05) is 23.7 Å². The maximum atomic E-state index is 13.0. The van der Waals surface area contributed by atoms with Gasteiger partial charge in [0.15, 0.2) is 0 Å². The molecule has 5 heteroatoms. The zero-order valence-corrected chi connectivity index (χ0v) is 14.5. The number of fused-ring (bicyclic) bond motifs is 1. The third kappa shape index (κ3) is 3.24. The second-order valence-electron chi connectivity index (χ2n) is 6.10. The zero-order valence-electron chi connectivity index (χ0n) is 13.7. The molecule has 1 atom stereocenters. The number of aromatic nitrogens is 1. The van der Waals surface area contributed by atoms with Crippen LogP contribution in [0.2, 0.25) is 5.02 Å². The van der Waals surface area contributed by atoms with Gasteiger partial charge in [0.05, 0.1) is 16.6 Å². The number of likely N-dealkylation sites (N-methyl/N-ethyl adjacent to an activating group) is 1. The van der Waals surface area contributed by atoms with Crippen LogP contribution < -0.4 is 0 Å². The molecule has 0 aliphatic carbocycles. The van der Waals surface area contributed by atoms with Crippen molar-refractivity contribution >= 4 is 28.4 Å². The van der Waals surface area contributed by atoms with Gasteiger partial charge in [0.1, 0.15) is 5.69 Å². The summed E-state index contributed by atoms with van der Waals surface area (Å²) < 4.78 is 7.68. The Bertz CT molecular complexity index is 704. The normalized spacial score (nSPS) is 18.3. The maximum Gasteiger partial charge on any atom is 0.270 e. The number of rotatable bonds is 4. The molecule has 1 aliphatic rings. The SMILES string of the molecule is CCN(C[C@H]1CCCCO1)C(=O)c1cc2cccc(Cl)c2n1C. The molecule has 0 unspecified atom stereocenters. The molecule has 4 nitrogen and oxygen atoms in total. The van der Waals surface area contributed by atoms with Crippen LogP contribution in [0.5, 0.6) is 0 Å². The lowest BCUT2D eigenvalue weighted by molar-refractivity contribution is -0.00329. The van der Waals surface area contributed by atoms with Crippen LogP contribution in [0.4, 0.5) is 0 Å². The van der Waals surface area contributed by atoms with Crippen molar-refractivity contribution in [1.29, 1.82) is 0 Å². The van der Waals surface area contributed by atoms with Crippen molar-refractivity contribution in [2.45, 2.75) is 32.3 Å². The van der Waals surface area contributed by atoms with Crippen molar-refractivity contribution in [2.24, 2.45) is 7.05 Å². The highest BCUT2D eigenvalue weighted by Crippen LogP contribution is 2.27. The zero-order chi connectivity index (χ0) is 16.4. The largest absolute Gasteiger partial charge is 0.376 e. The molecule has 1 saturated heterocycles. The molecule has 0 saturated carbocycles. The van der Waals surface area contributed by atoms with Crippen LogP contribution in [-0.4, -0.2) is 41.2 Å². The van der Waals surface area contributed by atoms with E-state index in [-0.39, 0.29) is 12.0 Å². The fourth-order valence-corrected chi connectivity index (χ4v) is 3.60. The molecule has 3 rings (SSSR count). The first-order valence-corrected chi connectivity index (χ1v) is 8.64. The van der Waals surface area contributed by atoms with E-state index in [1.54, 1.807) is 0 Å². The average molecular weight is 335 g/mol. The summed E-state index contributed by atoms with van der Waals surface area (Å²) in [5.41, 5.74) is 1.58. The number of hydrogen-bond donors (Lipinski definition) is 0. The molecule has 0 radical (unpaired) electrons. The third-order valence-corrected chi connectivity index (χ3v) is 4.90. The Morgan fingerprint density at radius 2 is 2.26 bits per heavy atom. The Labute approximate surface area is 142 Å². The Morgan fingerprint density at radius 1 is 1.43 bits per heavy atom. The molecule has 2 aromatic rings. The van der Waals surface area contributed by atoms with Gasteiger partial charge in [0.25, 0.3) is 5.91 Å². The second kappa shape index (κ2) is 6.93. The van der Waals surface area contributed by atoms with Crippen molar-refractivity contribution in [3.63, 3.8) is 0 Å². The molecule has 1 aromatic heterocycles. The first kappa shape index (κ1) is 16.3. The molecule has 1 fully saturated rings. The fraction of sp³-hybridized carbons (Fsp3) is 0.500. The van der Waals surface area contributed by atoms with Crippen LogP contribution in [-0.2, 0) is 11.8 Å². The molecule has 1 aromatic carbocycles. The van der Waals surface area contributed by atoms with Crippen LogP contribution in [0, 0.1) is 0 Å². The number of halogens is 1. The Kier molecular flexibility index (Phi) is 4.93. The molecule has 124 valence electrons. The predicted molar refractivity (Wildman–Crippen MR) is 93.1 cm³/mol. The number of ether oxygens (including phenoxy) is 1. The van der Waals surface area contributed by atoms with Crippen molar-refractivity contribution in [2.75, 3.05) is 19.7 Å². The number of carbonyl (C=O) groups excluding carboxylic acids is 1. The van der Waals surface area contributed by atoms with Gasteiger partial charge in [-0.2, -0.15) is 0 Å². The van der Waals surface area contributed by atoms with E-state index in [4.69, 9.17) is 16.3 Å². The standard InChI is InChI=1S/C18H23ClN2O2/c1-3-21(12-14-8-4-5-10-23-14)18(22)16-11-13-7-6-9-15(19)17(13)20(16)2/h6-7,9,11,14H,3-5,8,10,12H2,1-2H3/t14-/m1/s1. The number of aryl methyl sites for hydroxylation is 1. The lowest BCUT2D eigenvalue weighted by Crippen LogP contribution is -2.40. The quantitative estimate of drug-likeness (QED) is 0.850. The average Bonchev–Trinajstić information content (AvgIpc) is 2.91. The molecule has 1 amide bonds. The van der Waals surface area contributed by atoms with E-state index >= 15 is 0 Å². The first-order valence-electron chi connectivity index (χ1n) is 8.26. The molecule has 23 heavy (non-hydrogen) atoms. The van der Waals surface area contributed by atoms with Gasteiger partial charge in [-0.05, 0) is 38.3 Å². The highest BCUT2D eigenvalue weighted by Gasteiger charge is 2.24. The molecule has 0 spiro atoms. The summed E-state index contributed by atoms with van der Waals surface area (Å²) in [5.74, 6) is 0.0384. The Morgan fingerprint density at radius 3 is 2.91 bits per heavy atom. The molecule has 0 bridgehead atoms. The van der Waals surface area contributed by atoms with E-state index < -0.39 is 0 Å². The number of nitrogens with zero attached hydrogens (tertiary/aromatic N) is 2. The second-order valence-corrected chi connectivity index (χ2v) is 6.51. The highest BCUT2D eigenvalue weighted by molar-refractivity contribution is 6.35. The van der Waals surface area contributed by atoms with Crippen molar-refractivity contribution in [3.05, 3.63) is 35.0 Å². The minimum absolute atomic E-state index is 0.0384. The van der Waals surface area contributed by atoms with E-state index in [1.807, 2.05) is 47.7 Å². The van der Waals surface area contributed by atoms with Crippen molar-refractivity contribution in [3.8, 4) is 0 Å². The summed E-state index contributed by atoms with van der Waals surface area (Å²) in [7, 11) is 1.90. The smallest absolute Gasteiger partial charge is 0.270 e. The van der Waals surface area contributed by atoms with E-state index in [9.17, 15) is 4.79 Å². The predicted octanol–water partition coefficient (Wildman–Crippen LogP) is 3.86. The molecule has 1 aliphatic heterocycles. The monoisotopic (exact) mass is 334 g/mol. The molecule has 0 N–H and O–H groups in total. The topological polar surface area (TPSA) is 34.5 Å². The lowest BCUT2D eigenvalue weighted by atomic mass is 10.1. The van der Waals surface area contributed by atoms with Crippen LogP contribution in [0.25, 0.3) is 10.9 Å². The fourth-order valence-electron chi connectivity index (χ4n) is 3.29. The van der Waals surface area contributed by atoms with Crippen LogP contribution >= 0.6 is 11.6 Å². The van der Waals surface area contributed by atoms with E-state index in [0.717, 1.165) is 30.4 Å². The highest BCUT2D eigenvalue weighted by atomic mass is 35.5. The van der Waals surface area contributed by atoms with E-state index in [0.29, 0.717) is 23.8 Å². The van der Waals surface area contributed by atoms with Gasteiger partial charge < -0.3 is 14.2 Å². The molecular weight excluding hydrogens is 312 g/mol. The molecular formula is C18H23ClN2O2. The number of benzene rings is 1. The van der Waals surface area contributed by atoms with Crippen LogP contribution in [0.3, 0.4) is 0 Å². The number of hydrogen-bond acceptors (Lipinski definition) is 2. The number of para-hydroxylation sites is 1. The summed E-state index contributed by atoms with van der Waals surface area (Å²) in [5, 5.41) is 1.66. The lowest BCUT2D eigenvalue weighted by Gasteiger charge is -2.29. The Hall–Kier alpha value is -1.52. The summed E-state index contributed by atoms with van der Waals surface area (Å²) >= 11 is 6.28. The summed E-state index contributed by atoms with van der Waals surface area (Å²) in [4.78, 5) is 14.8. The van der Waals surface area contributed by atoms with Gasteiger partial charge in [0.2, 0.25) is 0 Å². The van der Waals surface area contributed by atoms with Gasteiger partial charge in [0, 0.05) is 32.1 Å². The van der Waals surface area contributed by atoms with Gasteiger partial charge in [-0.25, -0.2) is 0 Å². The van der Waals surface area contributed by atoms with Crippen molar-refractivity contribution in [1.82, 2.24) is 9.47 Å². The number of amides is 1. The summed E-state index contributed by atoms with van der Waals surface area (Å²) in [6.07, 6.45) is 3.49. The third-order valence-electron chi connectivity index (χ3n) is 4.59. The Balaban J connectivity index is 1.85. The summed E-state index contributed by atoms with van der Waals surface area (Å²) in [6, 6.07) is 7.67. The van der Waals surface area contributed by atoms with E-state index in [2.05, 4.69) is 0 Å². The molecule has 2 heterocycles. The maximum absolute atomic E-state index is 13.0. The van der Waals surface area contributed by atoms with E-state index in [1.165, 1.54) is 6.42 Å². The van der Waals surface area contributed by atoms with Gasteiger partial charge in [-0.3, -0.25) is 4.79 Å². The van der Waals surface area contributed by atoms with Crippen LogP contribution in [0.15, 0.2) is 24.3 Å². The first-order chi connectivity index (χ1) is 11.1.